The number of halogens is 1. The molecule has 0 radical (unpaired) electrons. The minimum atomic E-state index is -0.294. The Bertz CT molecular complexity index is 915. The first-order chi connectivity index (χ1) is 13.5. The van der Waals surface area contributed by atoms with Gasteiger partial charge in [-0.05, 0) is 24.3 Å². The van der Waals surface area contributed by atoms with Crippen molar-refractivity contribution < 1.29 is 14.3 Å². The molecular formula is C20H21ClN4O3. The normalized spacial score (nSPS) is 16.2. The molecule has 2 amide bonds. The Hall–Kier alpha value is -2.93. The molecule has 0 saturated carbocycles. The number of nitrogens with one attached hydrogen (secondary N) is 2. The highest BCUT2D eigenvalue weighted by Gasteiger charge is 2.26. The average Bonchev–Trinajstić information content (AvgIpc) is 2.68. The van der Waals surface area contributed by atoms with Gasteiger partial charge >= 0.3 is 0 Å². The highest BCUT2D eigenvalue weighted by atomic mass is 35.5. The molecule has 3 rings (SSSR count). The monoisotopic (exact) mass is 400 g/mol. The Morgan fingerprint density at radius 2 is 2.18 bits per heavy atom. The second-order valence-corrected chi connectivity index (χ2v) is 6.85. The Morgan fingerprint density at radius 1 is 1.36 bits per heavy atom. The molecule has 1 aromatic carbocycles. The van der Waals surface area contributed by atoms with E-state index in [-0.39, 0.29) is 22.8 Å². The summed E-state index contributed by atoms with van der Waals surface area (Å²) in [6.45, 7) is 2.34. The zero-order chi connectivity index (χ0) is 20.1. The van der Waals surface area contributed by atoms with Crippen molar-refractivity contribution in [3.63, 3.8) is 0 Å². The van der Waals surface area contributed by atoms with Gasteiger partial charge in [-0.3, -0.25) is 14.6 Å². The standard InChI is InChI=1S/C20H21ClN4O3/c1-12-11-16(26)24-25-18(12)15-7-6-14(17(21)19(15)28-2)20(27)23-10-8-13-5-3-4-9-22-13/h3-7,9,12H,8,10-11H2,1-2H3,(H,23,27)(H,24,26). The number of rotatable bonds is 6. The molecule has 0 saturated heterocycles. The van der Waals surface area contributed by atoms with Gasteiger partial charge in [-0.1, -0.05) is 24.6 Å². The van der Waals surface area contributed by atoms with E-state index in [0.29, 0.717) is 42.0 Å². The largest absolute Gasteiger partial charge is 0.494 e. The molecule has 0 fully saturated rings. The third-order valence-electron chi connectivity index (χ3n) is 4.47. The van der Waals surface area contributed by atoms with Crippen molar-refractivity contribution in [1.82, 2.24) is 15.7 Å². The molecule has 2 heterocycles. The number of hydrogen-bond donors (Lipinski definition) is 2. The third kappa shape index (κ3) is 4.31. The fraction of sp³-hybridized carbons (Fsp3) is 0.300. The van der Waals surface area contributed by atoms with E-state index in [1.54, 1.807) is 18.3 Å². The molecule has 0 aliphatic carbocycles. The number of nitrogens with zero attached hydrogens (tertiary/aromatic N) is 2. The highest BCUT2D eigenvalue weighted by molar-refractivity contribution is 6.36. The van der Waals surface area contributed by atoms with Crippen molar-refractivity contribution in [3.05, 3.63) is 58.4 Å². The van der Waals surface area contributed by atoms with Gasteiger partial charge in [0.25, 0.3) is 5.91 Å². The van der Waals surface area contributed by atoms with Crippen LogP contribution in [0.3, 0.4) is 0 Å². The Labute approximate surface area is 168 Å². The molecule has 1 unspecified atom stereocenters. The summed E-state index contributed by atoms with van der Waals surface area (Å²) in [5.74, 6) is -0.152. The fourth-order valence-electron chi connectivity index (χ4n) is 3.06. The van der Waals surface area contributed by atoms with E-state index in [4.69, 9.17) is 16.3 Å². The van der Waals surface area contributed by atoms with Gasteiger partial charge < -0.3 is 10.1 Å². The lowest BCUT2D eigenvalue weighted by Gasteiger charge is -2.22. The molecule has 1 aliphatic heterocycles. The van der Waals surface area contributed by atoms with Crippen LogP contribution in [-0.4, -0.2) is 36.2 Å². The Kier molecular flexibility index (Phi) is 6.26. The lowest BCUT2D eigenvalue weighted by molar-refractivity contribution is -0.121. The van der Waals surface area contributed by atoms with Gasteiger partial charge in [0.1, 0.15) is 5.75 Å². The number of pyridine rings is 1. The first-order valence-corrected chi connectivity index (χ1v) is 9.30. The number of aromatic nitrogens is 1. The van der Waals surface area contributed by atoms with Crippen LogP contribution in [0.15, 0.2) is 41.6 Å². The molecule has 7 nitrogen and oxygen atoms in total. The van der Waals surface area contributed by atoms with Crippen LogP contribution >= 0.6 is 11.6 Å². The smallest absolute Gasteiger partial charge is 0.252 e. The number of hydrogen-bond acceptors (Lipinski definition) is 5. The van der Waals surface area contributed by atoms with Crippen LogP contribution in [0.1, 0.15) is 35.0 Å². The Morgan fingerprint density at radius 3 is 2.86 bits per heavy atom. The van der Waals surface area contributed by atoms with Crippen LogP contribution in [0, 0.1) is 5.92 Å². The second-order valence-electron chi connectivity index (χ2n) is 6.47. The van der Waals surface area contributed by atoms with Crippen LogP contribution in [-0.2, 0) is 11.2 Å². The van der Waals surface area contributed by atoms with Crippen molar-refractivity contribution in [1.29, 1.82) is 0 Å². The van der Waals surface area contributed by atoms with E-state index >= 15 is 0 Å². The van der Waals surface area contributed by atoms with Gasteiger partial charge in [-0.15, -0.1) is 0 Å². The topological polar surface area (TPSA) is 92.7 Å². The number of carbonyl (C=O) groups is 2. The average molecular weight is 401 g/mol. The summed E-state index contributed by atoms with van der Waals surface area (Å²) in [5, 5.41) is 7.20. The summed E-state index contributed by atoms with van der Waals surface area (Å²) in [6.07, 6.45) is 2.66. The van der Waals surface area contributed by atoms with Crippen LogP contribution in [0.25, 0.3) is 0 Å². The number of benzene rings is 1. The van der Waals surface area contributed by atoms with Crippen molar-refractivity contribution in [3.8, 4) is 5.75 Å². The van der Waals surface area contributed by atoms with Crippen LogP contribution in [0.4, 0.5) is 0 Å². The summed E-state index contributed by atoms with van der Waals surface area (Å²) < 4.78 is 5.45. The zero-order valence-electron chi connectivity index (χ0n) is 15.7. The van der Waals surface area contributed by atoms with E-state index < -0.39 is 0 Å². The van der Waals surface area contributed by atoms with Gasteiger partial charge in [0.15, 0.2) is 0 Å². The first kappa shape index (κ1) is 19.8. The second kappa shape index (κ2) is 8.84. The summed E-state index contributed by atoms with van der Waals surface area (Å²) in [5.41, 5.74) is 5.01. The number of methoxy groups -OCH3 is 1. The maximum absolute atomic E-state index is 12.6. The Balaban J connectivity index is 1.77. The predicted octanol–water partition coefficient (Wildman–Crippen LogP) is 2.58. The molecule has 1 aliphatic rings. The number of amides is 2. The summed E-state index contributed by atoms with van der Waals surface area (Å²) in [4.78, 5) is 28.3. The van der Waals surface area contributed by atoms with E-state index in [0.717, 1.165) is 5.69 Å². The highest BCUT2D eigenvalue weighted by Crippen LogP contribution is 2.34. The molecular weight excluding hydrogens is 380 g/mol. The van der Waals surface area contributed by atoms with Gasteiger partial charge in [0.2, 0.25) is 5.91 Å². The lowest BCUT2D eigenvalue weighted by atomic mass is 9.92. The molecule has 1 aromatic heterocycles. The minimum Gasteiger partial charge on any atom is -0.494 e. The maximum Gasteiger partial charge on any atom is 0.252 e. The molecule has 146 valence electrons. The molecule has 1 atom stereocenters. The summed E-state index contributed by atoms with van der Waals surface area (Å²) in [7, 11) is 1.49. The molecule has 2 aromatic rings. The van der Waals surface area contributed by atoms with Crippen molar-refractivity contribution >= 4 is 29.1 Å². The van der Waals surface area contributed by atoms with Crippen molar-refractivity contribution in [2.75, 3.05) is 13.7 Å². The van der Waals surface area contributed by atoms with Gasteiger partial charge in [0.05, 0.1) is 23.4 Å². The SMILES string of the molecule is COc1c(C2=NNC(=O)CC2C)ccc(C(=O)NCCc2ccccn2)c1Cl. The van der Waals surface area contributed by atoms with Crippen LogP contribution < -0.4 is 15.5 Å². The van der Waals surface area contributed by atoms with E-state index in [1.165, 1.54) is 7.11 Å². The van der Waals surface area contributed by atoms with Gasteiger partial charge in [-0.25, -0.2) is 5.43 Å². The van der Waals surface area contributed by atoms with E-state index in [1.807, 2.05) is 25.1 Å². The summed E-state index contributed by atoms with van der Waals surface area (Å²) >= 11 is 6.46. The van der Waals surface area contributed by atoms with Crippen molar-refractivity contribution in [2.24, 2.45) is 11.0 Å². The molecule has 8 heteroatoms. The molecule has 0 spiro atoms. The van der Waals surface area contributed by atoms with Crippen LogP contribution in [0.5, 0.6) is 5.75 Å². The third-order valence-corrected chi connectivity index (χ3v) is 4.85. The number of hydrazone groups is 1. The lowest BCUT2D eigenvalue weighted by Crippen LogP contribution is -2.32. The minimum absolute atomic E-state index is 0.0863. The van der Waals surface area contributed by atoms with Crippen LogP contribution in [0.2, 0.25) is 5.02 Å². The molecule has 0 bridgehead atoms. The van der Waals surface area contributed by atoms with Gasteiger partial charge in [0, 0.05) is 42.8 Å². The van der Waals surface area contributed by atoms with E-state index in [2.05, 4.69) is 20.8 Å². The molecule has 28 heavy (non-hydrogen) atoms. The predicted molar refractivity (Wildman–Crippen MR) is 107 cm³/mol. The maximum atomic E-state index is 12.6. The summed E-state index contributed by atoms with van der Waals surface area (Å²) in [6, 6.07) is 9.04. The fourth-order valence-corrected chi connectivity index (χ4v) is 3.38. The first-order valence-electron chi connectivity index (χ1n) is 8.92. The zero-order valence-corrected chi connectivity index (χ0v) is 16.4. The number of ether oxygens (including phenoxy) is 1. The van der Waals surface area contributed by atoms with E-state index in [9.17, 15) is 9.59 Å². The number of carbonyl (C=O) groups excluding carboxylic acids is 2. The van der Waals surface area contributed by atoms with Gasteiger partial charge in [-0.2, -0.15) is 5.10 Å². The molecule has 2 N–H and O–H groups in total. The quantitative estimate of drug-likeness (QED) is 0.779. The van der Waals surface area contributed by atoms with Crippen molar-refractivity contribution in [2.45, 2.75) is 19.8 Å².